The average molecular weight is 448 g/mol. The van der Waals surface area contributed by atoms with Crippen molar-refractivity contribution in [2.75, 3.05) is 6.54 Å². The van der Waals surface area contributed by atoms with Crippen molar-refractivity contribution < 1.29 is 0 Å². The fourth-order valence-corrected chi connectivity index (χ4v) is 5.44. The van der Waals surface area contributed by atoms with Gasteiger partial charge in [0.2, 0.25) is 0 Å². The van der Waals surface area contributed by atoms with E-state index in [1.807, 2.05) is 0 Å². The Hall–Kier alpha value is -0.840. The van der Waals surface area contributed by atoms with Crippen molar-refractivity contribution >= 4 is 26.8 Å². The second kappa shape index (κ2) is 10.3. The molecule has 0 bridgehead atoms. The molecule has 4 heteroatoms. The highest BCUT2D eigenvalue weighted by Crippen LogP contribution is 2.30. The molecule has 1 heterocycles. The summed E-state index contributed by atoms with van der Waals surface area (Å²) in [6.07, 6.45) is 15.4. The highest BCUT2D eigenvalue weighted by molar-refractivity contribution is 9.10. The Labute approximate surface area is 179 Å². The summed E-state index contributed by atoms with van der Waals surface area (Å²) < 4.78 is 3.72. The van der Waals surface area contributed by atoms with Crippen LogP contribution in [0.15, 0.2) is 28.9 Å². The van der Waals surface area contributed by atoms with Gasteiger partial charge in [0.05, 0.1) is 0 Å². The second-order valence-electron chi connectivity index (χ2n) is 8.79. The van der Waals surface area contributed by atoms with Crippen LogP contribution in [0.2, 0.25) is 0 Å². The molecule has 4 rings (SSSR count). The molecule has 3 N–H and O–H groups in total. The molecule has 0 amide bonds. The second-order valence-corrected chi connectivity index (χ2v) is 9.70. The van der Waals surface area contributed by atoms with Crippen molar-refractivity contribution in [1.29, 1.82) is 0 Å². The summed E-state index contributed by atoms with van der Waals surface area (Å²) in [6, 6.07) is 7.88. The van der Waals surface area contributed by atoms with Crippen LogP contribution in [0, 0.1) is 5.92 Å². The summed E-state index contributed by atoms with van der Waals surface area (Å²) >= 11 is 3.67. The predicted molar refractivity (Wildman–Crippen MR) is 125 cm³/mol. The maximum atomic E-state index is 6.04. The molecule has 156 valence electrons. The fourth-order valence-electron chi connectivity index (χ4n) is 5.08. The van der Waals surface area contributed by atoms with E-state index >= 15 is 0 Å². The first-order valence-corrected chi connectivity index (χ1v) is 11.7. The van der Waals surface area contributed by atoms with Gasteiger partial charge in [-0.1, -0.05) is 42.6 Å². The van der Waals surface area contributed by atoms with Crippen LogP contribution in [0.3, 0.4) is 0 Å². The fraction of sp³-hybridized carbons (Fsp3) is 0.667. The molecule has 2 aromatic rings. The monoisotopic (exact) mass is 447 g/mol. The number of aromatic nitrogens is 1. The zero-order chi connectivity index (χ0) is 18.6. The van der Waals surface area contributed by atoms with E-state index in [1.165, 1.54) is 85.3 Å². The van der Waals surface area contributed by atoms with Crippen LogP contribution in [-0.4, -0.2) is 23.2 Å². The quantitative estimate of drug-likeness (QED) is 0.567. The molecular weight excluding hydrogens is 410 g/mol. The zero-order valence-electron chi connectivity index (χ0n) is 16.4. The average Bonchev–Trinajstić information content (AvgIpc) is 3.01. The number of hydrogen-bond acceptors (Lipinski definition) is 2. The molecule has 0 atom stereocenters. The summed E-state index contributed by atoms with van der Waals surface area (Å²) in [5.74, 6) is 0.857. The highest BCUT2D eigenvalue weighted by atomic mass is 79.9. The highest BCUT2D eigenvalue weighted by Gasteiger charge is 2.19. The lowest BCUT2D eigenvalue weighted by Crippen LogP contribution is -2.38. The third-order valence-electron chi connectivity index (χ3n) is 6.70. The Kier molecular flexibility index (Phi) is 8.02. The van der Waals surface area contributed by atoms with Crippen LogP contribution >= 0.6 is 15.9 Å². The summed E-state index contributed by atoms with van der Waals surface area (Å²) in [5.41, 5.74) is 8.93. The van der Waals surface area contributed by atoms with Gasteiger partial charge >= 0.3 is 0 Å². The summed E-state index contributed by atoms with van der Waals surface area (Å²) in [4.78, 5) is 0. The molecule has 1 aromatic heterocycles. The van der Waals surface area contributed by atoms with Crippen LogP contribution < -0.4 is 11.1 Å². The Balaban J connectivity index is 0.00000225. The molecule has 2 fully saturated rings. The van der Waals surface area contributed by atoms with Crippen LogP contribution in [0.4, 0.5) is 0 Å². The summed E-state index contributed by atoms with van der Waals surface area (Å²) in [5, 5.41) is 5.21. The van der Waals surface area contributed by atoms with Gasteiger partial charge in [0, 0.05) is 40.2 Å². The number of nitrogens with zero attached hydrogens (tertiary/aromatic N) is 1. The molecule has 2 saturated carbocycles. The van der Waals surface area contributed by atoms with Crippen molar-refractivity contribution in [3.8, 4) is 0 Å². The smallest absolute Gasteiger partial charge is 0.0484 e. The summed E-state index contributed by atoms with van der Waals surface area (Å²) in [7, 11) is 0. The third kappa shape index (κ3) is 5.40. The first-order valence-electron chi connectivity index (χ1n) is 11.0. The van der Waals surface area contributed by atoms with E-state index in [1.54, 1.807) is 0 Å². The largest absolute Gasteiger partial charge is 0.347 e. The molecule has 0 aliphatic heterocycles. The SMILES string of the molecule is C.NC1CCC(NCCc2cn(CC3CCCCC3)c3ccc(Br)cc23)CC1. The molecule has 0 spiro atoms. The van der Waals surface area contributed by atoms with Crippen molar-refractivity contribution in [3.05, 3.63) is 34.4 Å². The molecule has 2 aliphatic rings. The molecule has 2 aliphatic carbocycles. The van der Waals surface area contributed by atoms with E-state index in [2.05, 4.69) is 50.2 Å². The van der Waals surface area contributed by atoms with Gasteiger partial charge in [-0.25, -0.2) is 0 Å². The maximum absolute atomic E-state index is 6.04. The first-order chi connectivity index (χ1) is 13.2. The van der Waals surface area contributed by atoms with Crippen LogP contribution in [-0.2, 0) is 13.0 Å². The lowest BCUT2D eigenvalue weighted by Gasteiger charge is -2.26. The van der Waals surface area contributed by atoms with Gasteiger partial charge in [-0.05, 0) is 81.2 Å². The third-order valence-corrected chi connectivity index (χ3v) is 7.20. The first kappa shape index (κ1) is 21.9. The molecule has 28 heavy (non-hydrogen) atoms. The van der Waals surface area contributed by atoms with Crippen molar-refractivity contribution in [2.24, 2.45) is 11.7 Å². The lowest BCUT2D eigenvalue weighted by molar-refractivity contribution is 0.322. The van der Waals surface area contributed by atoms with E-state index < -0.39 is 0 Å². The minimum atomic E-state index is 0. The minimum absolute atomic E-state index is 0. The Morgan fingerprint density at radius 3 is 2.54 bits per heavy atom. The Morgan fingerprint density at radius 2 is 1.79 bits per heavy atom. The topological polar surface area (TPSA) is 43.0 Å². The number of halogens is 1. The number of nitrogens with one attached hydrogen (secondary N) is 1. The van der Waals surface area contributed by atoms with Gasteiger partial charge in [-0.2, -0.15) is 0 Å². The van der Waals surface area contributed by atoms with Crippen LogP contribution in [0.5, 0.6) is 0 Å². The predicted octanol–water partition coefficient (Wildman–Crippen LogP) is 6.02. The van der Waals surface area contributed by atoms with E-state index in [-0.39, 0.29) is 7.43 Å². The maximum Gasteiger partial charge on any atom is 0.0484 e. The van der Waals surface area contributed by atoms with Gasteiger partial charge in [0.1, 0.15) is 0 Å². The van der Waals surface area contributed by atoms with Gasteiger partial charge < -0.3 is 15.6 Å². The Bertz CT molecular complexity index is 740. The molecule has 0 saturated heterocycles. The normalized spacial score (nSPS) is 23.6. The van der Waals surface area contributed by atoms with E-state index in [4.69, 9.17) is 5.73 Å². The van der Waals surface area contributed by atoms with Crippen LogP contribution in [0.25, 0.3) is 10.9 Å². The number of rotatable bonds is 6. The van der Waals surface area contributed by atoms with Gasteiger partial charge in [-0.3, -0.25) is 0 Å². The summed E-state index contributed by atoms with van der Waals surface area (Å²) in [6.45, 7) is 2.25. The van der Waals surface area contributed by atoms with Gasteiger partial charge in [0.25, 0.3) is 0 Å². The Morgan fingerprint density at radius 1 is 1.04 bits per heavy atom. The number of fused-ring (bicyclic) bond motifs is 1. The lowest BCUT2D eigenvalue weighted by atomic mass is 9.89. The number of nitrogens with two attached hydrogens (primary N) is 1. The standard InChI is InChI=1S/C23H34BrN3.CH4/c24-19-6-11-23-22(14-19)18(12-13-26-21-9-7-20(25)8-10-21)16-27(23)15-17-4-2-1-3-5-17;/h6,11,14,16-17,20-21,26H,1-5,7-10,12-13,15,25H2;1H4. The molecule has 0 radical (unpaired) electrons. The van der Waals surface area contributed by atoms with E-state index in [0.717, 1.165) is 18.9 Å². The molecule has 3 nitrogen and oxygen atoms in total. The molecular formula is C24H38BrN3. The number of hydrogen-bond donors (Lipinski definition) is 2. The van der Waals surface area contributed by atoms with Crippen molar-refractivity contribution in [1.82, 2.24) is 9.88 Å². The zero-order valence-corrected chi connectivity index (χ0v) is 18.0. The van der Waals surface area contributed by atoms with Crippen LogP contribution in [0.1, 0.15) is 70.8 Å². The molecule has 0 unspecified atom stereocenters. The van der Waals surface area contributed by atoms with Gasteiger partial charge in [-0.15, -0.1) is 0 Å². The van der Waals surface area contributed by atoms with Crippen molar-refractivity contribution in [2.45, 2.75) is 90.3 Å². The van der Waals surface area contributed by atoms with Crippen molar-refractivity contribution in [3.63, 3.8) is 0 Å². The van der Waals surface area contributed by atoms with Gasteiger partial charge in [0.15, 0.2) is 0 Å². The van der Waals surface area contributed by atoms with E-state index in [9.17, 15) is 0 Å². The molecule has 1 aromatic carbocycles. The van der Waals surface area contributed by atoms with E-state index in [0.29, 0.717) is 12.1 Å². The minimum Gasteiger partial charge on any atom is -0.347 e. The number of benzene rings is 1.